The van der Waals surface area contributed by atoms with E-state index in [4.69, 9.17) is 4.74 Å². The van der Waals surface area contributed by atoms with Gasteiger partial charge in [0.05, 0.1) is 31.1 Å². The van der Waals surface area contributed by atoms with E-state index in [1.807, 2.05) is 24.8 Å². The third-order valence-corrected chi connectivity index (χ3v) is 4.57. The number of nitrogens with zero attached hydrogens (tertiary/aromatic N) is 5. The van der Waals surface area contributed by atoms with Crippen molar-refractivity contribution in [3.8, 4) is 5.82 Å². The molecule has 0 unspecified atom stereocenters. The molecule has 0 saturated carbocycles. The first-order valence-corrected chi connectivity index (χ1v) is 8.95. The number of aromatic nitrogens is 4. The van der Waals surface area contributed by atoms with Gasteiger partial charge in [-0.1, -0.05) is 0 Å². The van der Waals surface area contributed by atoms with Gasteiger partial charge >= 0.3 is 0 Å². The zero-order valence-electron chi connectivity index (χ0n) is 15.6. The van der Waals surface area contributed by atoms with Gasteiger partial charge in [0.2, 0.25) is 5.91 Å². The minimum Gasteiger partial charge on any atom is -0.384 e. The molecule has 1 fully saturated rings. The molecule has 2 aromatic heterocycles. The maximum absolute atomic E-state index is 12.1. The van der Waals surface area contributed by atoms with Crippen LogP contribution in [-0.2, 0) is 9.53 Å². The molecule has 8 heteroatoms. The van der Waals surface area contributed by atoms with E-state index in [1.165, 1.54) is 0 Å². The largest absolute Gasteiger partial charge is 0.384 e. The summed E-state index contributed by atoms with van der Waals surface area (Å²) >= 11 is 0. The van der Waals surface area contributed by atoms with Crippen LogP contribution in [0.3, 0.4) is 0 Å². The summed E-state index contributed by atoms with van der Waals surface area (Å²) < 4.78 is 6.78. The average molecular weight is 358 g/mol. The highest BCUT2D eigenvalue weighted by molar-refractivity contribution is 5.76. The molecule has 26 heavy (non-hydrogen) atoms. The first kappa shape index (κ1) is 18.3. The van der Waals surface area contributed by atoms with Crippen LogP contribution in [-0.4, -0.2) is 63.4 Å². The number of rotatable bonds is 6. The molecule has 0 aromatic carbocycles. The Hall–Kier alpha value is -2.48. The molecule has 0 aliphatic carbocycles. The van der Waals surface area contributed by atoms with Crippen LogP contribution < -0.4 is 5.32 Å². The smallest absolute Gasteiger partial charge is 0.224 e. The lowest BCUT2D eigenvalue weighted by molar-refractivity contribution is -0.133. The van der Waals surface area contributed by atoms with Crippen molar-refractivity contribution in [2.24, 2.45) is 0 Å². The summed E-state index contributed by atoms with van der Waals surface area (Å²) in [6.07, 6.45) is 5.67. The molecule has 1 amide bonds. The van der Waals surface area contributed by atoms with E-state index in [0.29, 0.717) is 18.8 Å². The molecule has 3 rings (SSSR count). The molecular weight excluding hydrogens is 332 g/mol. The summed E-state index contributed by atoms with van der Waals surface area (Å²) in [7, 11) is 1.62. The number of piperidine rings is 1. The quantitative estimate of drug-likeness (QED) is 0.846. The number of amides is 1. The van der Waals surface area contributed by atoms with Crippen molar-refractivity contribution in [3.05, 3.63) is 29.8 Å². The first-order chi connectivity index (χ1) is 12.6. The van der Waals surface area contributed by atoms with E-state index >= 15 is 0 Å². The number of likely N-dealkylation sites (tertiary alicyclic amines) is 1. The monoisotopic (exact) mass is 358 g/mol. The van der Waals surface area contributed by atoms with E-state index < -0.39 is 0 Å². The number of ether oxygens (including phenoxy) is 1. The summed E-state index contributed by atoms with van der Waals surface area (Å²) in [5.74, 6) is 1.60. The number of aryl methyl sites for hydroxylation is 2. The maximum atomic E-state index is 12.1. The molecule has 8 nitrogen and oxygen atoms in total. The highest BCUT2D eigenvalue weighted by Gasteiger charge is 2.22. The fourth-order valence-corrected chi connectivity index (χ4v) is 3.22. The molecule has 1 aliphatic rings. The fourth-order valence-electron chi connectivity index (χ4n) is 3.22. The summed E-state index contributed by atoms with van der Waals surface area (Å²) in [5, 5.41) is 7.90. The number of carbonyl (C=O) groups is 1. The van der Waals surface area contributed by atoms with Crippen molar-refractivity contribution in [3.63, 3.8) is 0 Å². The van der Waals surface area contributed by atoms with Crippen molar-refractivity contribution < 1.29 is 9.53 Å². The molecule has 140 valence electrons. The van der Waals surface area contributed by atoms with Crippen LogP contribution in [0.15, 0.2) is 18.5 Å². The number of hydrogen-bond acceptors (Lipinski definition) is 6. The van der Waals surface area contributed by atoms with Gasteiger partial charge in [0, 0.05) is 31.9 Å². The van der Waals surface area contributed by atoms with Crippen LogP contribution >= 0.6 is 0 Å². The highest BCUT2D eigenvalue weighted by atomic mass is 16.5. The molecule has 1 saturated heterocycles. The number of carbonyl (C=O) groups excluding carboxylic acids is 1. The van der Waals surface area contributed by atoms with Gasteiger partial charge in [-0.3, -0.25) is 9.78 Å². The Balaban J connectivity index is 1.58. The van der Waals surface area contributed by atoms with Gasteiger partial charge < -0.3 is 15.0 Å². The molecule has 2 aromatic rings. The molecular formula is C18H26N6O2. The van der Waals surface area contributed by atoms with Crippen LogP contribution in [0.25, 0.3) is 5.82 Å². The Morgan fingerprint density at radius 3 is 2.73 bits per heavy atom. The Morgan fingerprint density at radius 2 is 2.08 bits per heavy atom. The van der Waals surface area contributed by atoms with Crippen LogP contribution in [0.2, 0.25) is 0 Å². The fraction of sp³-hybridized carbons (Fsp3) is 0.556. The molecule has 0 bridgehead atoms. The van der Waals surface area contributed by atoms with Crippen LogP contribution in [0.4, 0.5) is 5.82 Å². The topological polar surface area (TPSA) is 85.2 Å². The number of nitrogens with one attached hydrogen (secondary N) is 1. The minimum absolute atomic E-state index is 0.164. The van der Waals surface area contributed by atoms with Gasteiger partial charge in [-0.05, 0) is 32.8 Å². The summed E-state index contributed by atoms with van der Waals surface area (Å²) in [6, 6.07) is 2.30. The van der Waals surface area contributed by atoms with Crippen molar-refractivity contribution >= 4 is 11.7 Å². The van der Waals surface area contributed by atoms with Crippen LogP contribution in [0, 0.1) is 13.8 Å². The van der Waals surface area contributed by atoms with Gasteiger partial charge in [0.25, 0.3) is 0 Å². The molecule has 0 radical (unpaired) electrons. The van der Waals surface area contributed by atoms with Crippen molar-refractivity contribution in [2.45, 2.75) is 39.2 Å². The number of hydrogen-bond donors (Lipinski definition) is 1. The first-order valence-electron chi connectivity index (χ1n) is 8.95. The van der Waals surface area contributed by atoms with Gasteiger partial charge in [0.15, 0.2) is 5.82 Å². The highest BCUT2D eigenvalue weighted by Crippen LogP contribution is 2.17. The van der Waals surface area contributed by atoms with Crippen LogP contribution in [0.5, 0.6) is 0 Å². The van der Waals surface area contributed by atoms with E-state index in [-0.39, 0.29) is 11.9 Å². The normalized spacial score (nSPS) is 15.3. The van der Waals surface area contributed by atoms with E-state index in [1.54, 1.807) is 24.2 Å². The van der Waals surface area contributed by atoms with E-state index in [0.717, 1.165) is 43.1 Å². The maximum Gasteiger partial charge on any atom is 0.224 e. The second-order valence-corrected chi connectivity index (χ2v) is 6.64. The Morgan fingerprint density at radius 1 is 1.31 bits per heavy atom. The van der Waals surface area contributed by atoms with E-state index in [9.17, 15) is 4.79 Å². The average Bonchev–Trinajstić information content (AvgIpc) is 2.99. The standard InChI is InChI=1S/C18H26N6O2/c1-13-10-14(2)24(22-13)17-12-19-11-16(21-17)20-15-4-7-23(8-5-15)18(25)6-9-26-3/h10-12,15H,4-9H2,1-3H3,(H,20,21). The predicted molar refractivity (Wildman–Crippen MR) is 98.3 cm³/mol. The third kappa shape index (κ3) is 4.37. The summed E-state index contributed by atoms with van der Waals surface area (Å²) in [4.78, 5) is 22.9. The Kier molecular flexibility index (Phi) is 5.82. The van der Waals surface area contributed by atoms with Gasteiger partial charge in [-0.15, -0.1) is 0 Å². The van der Waals surface area contributed by atoms with Crippen LogP contribution in [0.1, 0.15) is 30.7 Å². The lowest BCUT2D eigenvalue weighted by atomic mass is 10.0. The van der Waals surface area contributed by atoms with E-state index in [2.05, 4.69) is 20.4 Å². The summed E-state index contributed by atoms with van der Waals surface area (Å²) in [5.41, 5.74) is 1.98. The van der Waals surface area contributed by atoms with Crippen molar-refractivity contribution in [1.29, 1.82) is 0 Å². The minimum atomic E-state index is 0.164. The molecule has 0 spiro atoms. The van der Waals surface area contributed by atoms with Crippen molar-refractivity contribution in [2.75, 3.05) is 32.1 Å². The predicted octanol–water partition coefficient (Wildman–Crippen LogP) is 1.72. The molecule has 1 N–H and O–H groups in total. The number of anilines is 1. The molecule has 3 heterocycles. The zero-order chi connectivity index (χ0) is 18.5. The van der Waals surface area contributed by atoms with Gasteiger partial charge in [-0.2, -0.15) is 5.10 Å². The lowest BCUT2D eigenvalue weighted by Gasteiger charge is -2.32. The molecule has 1 aliphatic heterocycles. The number of methoxy groups -OCH3 is 1. The Bertz CT molecular complexity index is 752. The SMILES string of the molecule is COCCC(=O)N1CCC(Nc2cncc(-n3nc(C)cc3C)n2)CC1. The third-order valence-electron chi connectivity index (χ3n) is 4.57. The van der Waals surface area contributed by atoms with Gasteiger partial charge in [-0.25, -0.2) is 9.67 Å². The second-order valence-electron chi connectivity index (χ2n) is 6.64. The molecule has 0 atom stereocenters. The second kappa shape index (κ2) is 8.27. The lowest BCUT2D eigenvalue weighted by Crippen LogP contribution is -2.42. The van der Waals surface area contributed by atoms with Crippen molar-refractivity contribution in [1.82, 2.24) is 24.6 Å². The Labute approximate surface area is 153 Å². The summed E-state index contributed by atoms with van der Waals surface area (Å²) in [6.45, 7) is 5.94. The van der Waals surface area contributed by atoms with Gasteiger partial charge in [0.1, 0.15) is 5.82 Å². The zero-order valence-corrected chi connectivity index (χ0v) is 15.6.